The zero-order valence-electron chi connectivity index (χ0n) is 15.0. The molecule has 0 spiro atoms. The van der Waals surface area contributed by atoms with Crippen LogP contribution in [0.2, 0.25) is 0 Å². The van der Waals surface area contributed by atoms with Gasteiger partial charge in [0, 0.05) is 11.3 Å². The van der Waals surface area contributed by atoms with Crippen LogP contribution in [0.1, 0.15) is 39.5 Å². The highest BCUT2D eigenvalue weighted by Crippen LogP contribution is 2.35. The van der Waals surface area contributed by atoms with Crippen LogP contribution in [0.5, 0.6) is 0 Å². The zero-order chi connectivity index (χ0) is 18.4. The molecule has 7 heteroatoms. The average molecular weight is 408 g/mol. The fraction of sp³-hybridized carbons (Fsp3) is 0.421. The van der Waals surface area contributed by atoms with Crippen molar-refractivity contribution in [2.24, 2.45) is 0 Å². The third kappa shape index (κ3) is 4.96. The third-order valence-corrected chi connectivity index (χ3v) is 6.75. The zero-order valence-corrected chi connectivity index (χ0v) is 17.4. The summed E-state index contributed by atoms with van der Waals surface area (Å²) in [6, 6.07) is 6.47. The van der Waals surface area contributed by atoms with E-state index >= 15 is 0 Å². The number of benzene rings is 1. The van der Waals surface area contributed by atoms with Gasteiger partial charge in [-0.1, -0.05) is 49.8 Å². The topological polar surface area (TPSA) is 38.7 Å². The van der Waals surface area contributed by atoms with Crippen LogP contribution in [0.3, 0.4) is 0 Å². The molecule has 0 atom stereocenters. The highest BCUT2D eigenvalue weighted by atomic mass is 32.2. The maximum Gasteiger partial charge on any atom is 0.190 e. The van der Waals surface area contributed by atoms with Gasteiger partial charge in [0.2, 0.25) is 0 Å². The Labute approximate surface area is 166 Å². The minimum Gasteiger partial charge on any atom is -0.231 e. The molecule has 2 heterocycles. The number of thiazole rings is 1. The molecule has 2 aromatic heterocycles. The van der Waals surface area contributed by atoms with E-state index in [-0.39, 0.29) is 5.82 Å². The van der Waals surface area contributed by atoms with Gasteiger partial charge in [-0.3, -0.25) is 0 Å². The van der Waals surface area contributed by atoms with Crippen LogP contribution < -0.4 is 0 Å². The van der Waals surface area contributed by atoms with E-state index in [0.29, 0.717) is 0 Å². The van der Waals surface area contributed by atoms with Crippen molar-refractivity contribution >= 4 is 45.2 Å². The molecule has 3 rings (SSSR count). The highest BCUT2D eigenvalue weighted by Gasteiger charge is 2.15. The van der Waals surface area contributed by atoms with Gasteiger partial charge in [0.15, 0.2) is 5.16 Å². The maximum atomic E-state index is 13.2. The number of halogens is 1. The van der Waals surface area contributed by atoms with Crippen molar-refractivity contribution in [3.05, 3.63) is 30.1 Å². The molecule has 0 amide bonds. The number of fused-ring (bicyclic) bond motifs is 1. The molecule has 3 aromatic rings. The van der Waals surface area contributed by atoms with Crippen LogP contribution in [0.15, 0.2) is 34.4 Å². The minimum absolute atomic E-state index is 0.236. The van der Waals surface area contributed by atoms with Crippen molar-refractivity contribution in [2.75, 3.05) is 11.5 Å². The second-order valence-corrected chi connectivity index (χ2v) is 9.02. The largest absolute Gasteiger partial charge is 0.231 e. The second kappa shape index (κ2) is 9.67. The number of unbranched alkanes of at least 4 members (excludes halogenated alkanes) is 2. The maximum absolute atomic E-state index is 13.2. The van der Waals surface area contributed by atoms with Gasteiger partial charge in [0.1, 0.15) is 26.2 Å². The summed E-state index contributed by atoms with van der Waals surface area (Å²) in [6.45, 7) is 4.38. The van der Waals surface area contributed by atoms with Crippen molar-refractivity contribution in [1.82, 2.24) is 15.0 Å². The summed E-state index contributed by atoms with van der Waals surface area (Å²) in [4.78, 5) is 15.2. The van der Waals surface area contributed by atoms with E-state index in [0.717, 1.165) is 61.9 Å². The first-order valence-electron chi connectivity index (χ1n) is 8.91. The van der Waals surface area contributed by atoms with Gasteiger partial charge in [-0.05, 0) is 42.9 Å². The summed E-state index contributed by atoms with van der Waals surface area (Å²) < 4.78 is 13.2. The SMILES string of the molecule is CCCCSc1nc(SCCCC)c2nc(-c3ccc(F)cc3)sc2n1. The Balaban J connectivity index is 1.95. The van der Waals surface area contributed by atoms with Crippen molar-refractivity contribution in [3.8, 4) is 10.6 Å². The van der Waals surface area contributed by atoms with Gasteiger partial charge in [-0.15, -0.1) is 11.8 Å². The van der Waals surface area contributed by atoms with E-state index in [1.165, 1.54) is 18.6 Å². The quantitative estimate of drug-likeness (QED) is 0.171. The Morgan fingerprint density at radius 2 is 1.62 bits per heavy atom. The molecular weight excluding hydrogens is 385 g/mol. The van der Waals surface area contributed by atoms with E-state index in [2.05, 4.69) is 13.8 Å². The molecule has 0 aliphatic carbocycles. The Bertz CT molecular complexity index is 849. The Kier molecular flexibility index (Phi) is 7.28. The van der Waals surface area contributed by atoms with Crippen molar-refractivity contribution in [3.63, 3.8) is 0 Å². The molecule has 0 unspecified atom stereocenters. The first-order valence-corrected chi connectivity index (χ1v) is 11.7. The Morgan fingerprint density at radius 1 is 0.923 bits per heavy atom. The van der Waals surface area contributed by atoms with Gasteiger partial charge < -0.3 is 0 Å². The molecule has 0 saturated carbocycles. The van der Waals surface area contributed by atoms with Crippen LogP contribution in [0, 0.1) is 5.82 Å². The molecule has 26 heavy (non-hydrogen) atoms. The number of nitrogens with zero attached hydrogens (tertiary/aromatic N) is 3. The molecule has 0 saturated heterocycles. The normalized spacial score (nSPS) is 11.3. The molecule has 0 aliphatic heterocycles. The number of hydrogen-bond acceptors (Lipinski definition) is 6. The number of thioether (sulfide) groups is 2. The lowest BCUT2D eigenvalue weighted by molar-refractivity contribution is 0.628. The van der Waals surface area contributed by atoms with E-state index in [4.69, 9.17) is 15.0 Å². The summed E-state index contributed by atoms with van der Waals surface area (Å²) in [5.41, 5.74) is 1.79. The molecule has 0 aliphatic rings. The number of hydrogen-bond donors (Lipinski definition) is 0. The molecule has 0 fully saturated rings. The van der Waals surface area contributed by atoms with E-state index < -0.39 is 0 Å². The number of aromatic nitrogens is 3. The van der Waals surface area contributed by atoms with Gasteiger partial charge in [-0.25, -0.2) is 19.3 Å². The van der Waals surface area contributed by atoms with Gasteiger partial charge in [0.25, 0.3) is 0 Å². The smallest absolute Gasteiger partial charge is 0.190 e. The molecule has 0 radical (unpaired) electrons. The molecule has 0 bridgehead atoms. The summed E-state index contributed by atoms with van der Waals surface area (Å²) in [6.07, 6.45) is 4.65. The fourth-order valence-corrected chi connectivity index (χ4v) is 5.39. The fourth-order valence-electron chi connectivity index (χ4n) is 2.28. The molecule has 1 aromatic carbocycles. The van der Waals surface area contributed by atoms with E-state index in [1.54, 1.807) is 47.0 Å². The van der Waals surface area contributed by atoms with E-state index in [1.807, 2.05) is 0 Å². The van der Waals surface area contributed by atoms with Crippen molar-refractivity contribution < 1.29 is 4.39 Å². The van der Waals surface area contributed by atoms with Crippen LogP contribution in [-0.2, 0) is 0 Å². The molecule has 3 nitrogen and oxygen atoms in total. The van der Waals surface area contributed by atoms with Crippen molar-refractivity contribution in [1.29, 1.82) is 0 Å². The second-order valence-electron chi connectivity index (χ2n) is 5.90. The summed E-state index contributed by atoms with van der Waals surface area (Å²) >= 11 is 5.02. The lowest BCUT2D eigenvalue weighted by atomic mass is 10.2. The molecular formula is C19H22FN3S3. The third-order valence-electron chi connectivity index (χ3n) is 3.76. The van der Waals surface area contributed by atoms with E-state index in [9.17, 15) is 4.39 Å². The van der Waals surface area contributed by atoms with Crippen LogP contribution >= 0.6 is 34.9 Å². The van der Waals surface area contributed by atoms with Gasteiger partial charge >= 0.3 is 0 Å². The van der Waals surface area contributed by atoms with Crippen molar-refractivity contribution in [2.45, 2.75) is 49.7 Å². The minimum atomic E-state index is -0.236. The van der Waals surface area contributed by atoms with Crippen LogP contribution in [-0.4, -0.2) is 26.5 Å². The lowest BCUT2D eigenvalue weighted by Crippen LogP contribution is -1.93. The van der Waals surface area contributed by atoms with Gasteiger partial charge in [0.05, 0.1) is 0 Å². The van der Waals surface area contributed by atoms with Crippen LogP contribution in [0.25, 0.3) is 20.9 Å². The average Bonchev–Trinajstić information content (AvgIpc) is 3.07. The summed E-state index contributed by atoms with van der Waals surface area (Å²) in [5.74, 6) is 1.83. The predicted molar refractivity (Wildman–Crippen MR) is 112 cm³/mol. The highest BCUT2D eigenvalue weighted by molar-refractivity contribution is 8.00. The summed E-state index contributed by atoms with van der Waals surface area (Å²) in [5, 5.41) is 2.66. The first-order chi connectivity index (χ1) is 12.7. The standard InChI is InChI=1S/C19H22FN3S3/c1-3-5-11-24-17-15-18(23-19(22-17)25-12-6-4-2)26-16(21-15)13-7-9-14(20)10-8-13/h7-10H,3-6,11-12H2,1-2H3. The number of rotatable bonds is 9. The Hall–Kier alpha value is -1.18. The van der Waals surface area contributed by atoms with Crippen LogP contribution in [0.4, 0.5) is 4.39 Å². The Morgan fingerprint density at radius 3 is 2.31 bits per heavy atom. The predicted octanol–water partition coefficient (Wildman–Crippen LogP) is 6.68. The first kappa shape index (κ1) is 19.6. The van der Waals surface area contributed by atoms with Gasteiger partial charge in [-0.2, -0.15) is 0 Å². The monoisotopic (exact) mass is 407 g/mol. The summed E-state index contributed by atoms with van der Waals surface area (Å²) in [7, 11) is 0. The lowest BCUT2D eigenvalue weighted by Gasteiger charge is -2.04. The molecule has 138 valence electrons. The molecule has 0 N–H and O–H groups in total.